The number of hydrogen-bond acceptors (Lipinski definition) is 5. The zero-order chi connectivity index (χ0) is 21.6. The van der Waals surface area contributed by atoms with Crippen LogP contribution in [0.3, 0.4) is 0 Å². The molecule has 0 radical (unpaired) electrons. The number of benzene rings is 3. The fraction of sp³-hybridized carbons (Fsp3) is 0.240. The average Bonchev–Trinajstić information content (AvgIpc) is 2.78. The third-order valence-corrected chi connectivity index (χ3v) is 5.07. The largest absolute Gasteiger partial charge is 0.493 e. The Kier molecular flexibility index (Phi) is 6.75. The van der Waals surface area contributed by atoms with E-state index in [0.29, 0.717) is 29.4 Å². The van der Waals surface area contributed by atoms with Gasteiger partial charge in [-0.2, -0.15) is 0 Å². The van der Waals surface area contributed by atoms with Crippen LogP contribution in [-0.4, -0.2) is 20.0 Å². The van der Waals surface area contributed by atoms with Gasteiger partial charge in [0.05, 0.1) is 19.8 Å². The van der Waals surface area contributed by atoms with Gasteiger partial charge in [0.2, 0.25) is 0 Å². The molecule has 0 spiro atoms. The number of Topliss-reactive ketones (excluding diaryl/α,β-unsaturated/α-hetero) is 1. The Hall–Kier alpha value is -3.31. The van der Waals surface area contributed by atoms with Gasteiger partial charge < -0.3 is 19.9 Å². The van der Waals surface area contributed by atoms with E-state index >= 15 is 0 Å². The smallest absolute Gasteiger partial charge is 0.161 e. The predicted molar refractivity (Wildman–Crippen MR) is 117 cm³/mol. The Balaban J connectivity index is 1.73. The maximum absolute atomic E-state index is 13.0. The van der Waals surface area contributed by atoms with Gasteiger partial charge >= 0.3 is 0 Å². The summed E-state index contributed by atoms with van der Waals surface area (Å²) in [4.78, 5) is 13.0. The number of nitrogens with two attached hydrogens (primary N) is 1. The van der Waals surface area contributed by atoms with Crippen LogP contribution in [0.15, 0.2) is 72.8 Å². The number of carbonyl (C=O) groups excluding carboxylic acids is 1. The number of ether oxygens (including phenoxy) is 3. The Morgan fingerprint density at radius 2 is 1.60 bits per heavy atom. The molecule has 0 aromatic heterocycles. The Labute approximate surface area is 177 Å². The number of methoxy groups -OCH3 is 2. The molecule has 1 unspecified atom stereocenters. The molecular weight excluding hydrogens is 378 g/mol. The van der Waals surface area contributed by atoms with Crippen molar-refractivity contribution in [2.24, 2.45) is 5.73 Å². The van der Waals surface area contributed by atoms with Gasteiger partial charge in [0, 0.05) is 6.42 Å². The molecule has 0 amide bonds. The highest BCUT2D eigenvalue weighted by Crippen LogP contribution is 2.30. The summed E-state index contributed by atoms with van der Waals surface area (Å²) in [6.07, 6.45) is 0.183. The molecule has 0 heterocycles. The molecule has 0 aliphatic carbocycles. The number of ketones is 1. The summed E-state index contributed by atoms with van der Waals surface area (Å²) in [5.41, 5.74) is 7.91. The molecule has 0 saturated carbocycles. The van der Waals surface area contributed by atoms with Gasteiger partial charge in [-0.15, -0.1) is 0 Å². The van der Waals surface area contributed by atoms with E-state index in [-0.39, 0.29) is 12.2 Å². The Morgan fingerprint density at radius 1 is 0.867 bits per heavy atom. The highest BCUT2D eigenvalue weighted by Gasteiger charge is 2.30. The van der Waals surface area contributed by atoms with Gasteiger partial charge in [-0.25, -0.2) is 0 Å². The second-order valence-electron chi connectivity index (χ2n) is 7.29. The van der Waals surface area contributed by atoms with E-state index in [0.717, 1.165) is 11.1 Å². The third-order valence-electron chi connectivity index (χ3n) is 5.07. The lowest BCUT2D eigenvalue weighted by Gasteiger charge is -2.24. The predicted octanol–water partition coefficient (Wildman–Crippen LogP) is 4.27. The monoisotopic (exact) mass is 405 g/mol. The molecule has 2 N–H and O–H groups in total. The molecular formula is C25H27NO4. The van der Waals surface area contributed by atoms with Crippen LogP contribution in [0.5, 0.6) is 17.2 Å². The van der Waals surface area contributed by atoms with Crippen LogP contribution in [0.4, 0.5) is 0 Å². The molecule has 1 atom stereocenters. The molecule has 3 aromatic carbocycles. The number of hydrogen-bond donors (Lipinski definition) is 1. The van der Waals surface area contributed by atoms with Crippen LogP contribution in [-0.2, 0) is 23.4 Å². The van der Waals surface area contributed by atoms with Crippen molar-refractivity contribution < 1.29 is 19.0 Å². The van der Waals surface area contributed by atoms with Gasteiger partial charge in [0.1, 0.15) is 12.4 Å². The first kappa shape index (κ1) is 21.4. The van der Waals surface area contributed by atoms with Gasteiger partial charge in [0.15, 0.2) is 17.3 Å². The van der Waals surface area contributed by atoms with Crippen molar-refractivity contribution in [1.29, 1.82) is 0 Å². The highest BCUT2D eigenvalue weighted by molar-refractivity contribution is 5.91. The molecule has 0 aliphatic rings. The second kappa shape index (κ2) is 9.46. The maximum Gasteiger partial charge on any atom is 0.161 e. The van der Waals surface area contributed by atoms with Crippen molar-refractivity contribution in [3.8, 4) is 17.2 Å². The quantitative estimate of drug-likeness (QED) is 0.576. The van der Waals surface area contributed by atoms with Crippen molar-refractivity contribution in [2.45, 2.75) is 25.5 Å². The molecule has 30 heavy (non-hydrogen) atoms. The number of carbonyl (C=O) groups is 1. The Morgan fingerprint density at radius 3 is 2.30 bits per heavy atom. The molecule has 0 bridgehead atoms. The lowest BCUT2D eigenvalue weighted by atomic mass is 9.85. The second-order valence-corrected chi connectivity index (χ2v) is 7.29. The van der Waals surface area contributed by atoms with Gasteiger partial charge in [-0.1, -0.05) is 48.5 Å². The minimum atomic E-state index is -1.15. The summed E-state index contributed by atoms with van der Waals surface area (Å²) >= 11 is 0. The summed E-state index contributed by atoms with van der Waals surface area (Å²) < 4.78 is 16.5. The minimum Gasteiger partial charge on any atom is -0.493 e. The fourth-order valence-corrected chi connectivity index (χ4v) is 3.17. The molecule has 5 nitrogen and oxygen atoms in total. The van der Waals surface area contributed by atoms with Gasteiger partial charge in [-0.3, -0.25) is 4.79 Å². The SMILES string of the molecule is COc1ccc(CC(=O)C(C)(N)c2cccc(OCc3ccccc3)c2)cc1OC. The topological polar surface area (TPSA) is 70.8 Å². The van der Waals surface area contributed by atoms with Crippen LogP contribution in [0.1, 0.15) is 23.6 Å². The maximum atomic E-state index is 13.0. The van der Waals surface area contributed by atoms with E-state index in [1.165, 1.54) is 0 Å². The first-order valence-electron chi connectivity index (χ1n) is 9.74. The average molecular weight is 405 g/mol. The molecule has 5 heteroatoms. The fourth-order valence-electron chi connectivity index (χ4n) is 3.17. The zero-order valence-electron chi connectivity index (χ0n) is 17.6. The van der Waals surface area contributed by atoms with Crippen LogP contribution in [0.2, 0.25) is 0 Å². The van der Waals surface area contributed by atoms with Crippen molar-refractivity contribution >= 4 is 5.78 Å². The molecule has 0 saturated heterocycles. The van der Waals surface area contributed by atoms with Gasteiger partial charge in [0.25, 0.3) is 0 Å². The standard InChI is InChI=1S/C25H27NO4/c1-25(26,24(27)15-19-12-13-22(28-2)23(14-19)29-3)20-10-7-11-21(16-20)30-17-18-8-5-4-6-9-18/h4-14,16H,15,17,26H2,1-3H3. The highest BCUT2D eigenvalue weighted by atomic mass is 16.5. The summed E-state index contributed by atoms with van der Waals surface area (Å²) in [6, 6.07) is 22.7. The van der Waals surface area contributed by atoms with E-state index < -0.39 is 5.54 Å². The lowest BCUT2D eigenvalue weighted by Crippen LogP contribution is -2.42. The van der Waals surface area contributed by atoms with E-state index in [1.807, 2.05) is 60.7 Å². The van der Waals surface area contributed by atoms with Crippen molar-refractivity contribution in [3.63, 3.8) is 0 Å². The van der Waals surface area contributed by atoms with Crippen LogP contribution in [0, 0.1) is 0 Å². The van der Waals surface area contributed by atoms with E-state index in [2.05, 4.69) is 0 Å². The minimum absolute atomic E-state index is 0.102. The van der Waals surface area contributed by atoms with E-state index in [9.17, 15) is 4.79 Å². The molecule has 3 aromatic rings. The molecule has 3 rings (SSSR count). The van der Waals surface area contributed by atoms with Crippen molar-refractivity contribution in [1.82, 2.24) is 0 Å². The summed E-state index contributed by atoms with van der Waals surface area (Å²) in [5, 5.41) is 0. The first-order chi connectivity index (χ1) is 14.4. The summed E-state index contributed by atoms with van der Waals surface area (Å²) in [5.74, 6) is 1.77. The van der Waals surface area contributed by atoms with Crippen LogP contribution < -0.4 is 19.9 Å². The van der Waals surface area contributed by atoms with Crippen LogP contribution in [0.25, 0.3) is 0 Å². The molecule has 0 fully saturated rings. The third kappa shape index (κ3) is 4.99. The molecule has 156 valence electrons. The summed E-state index contributed by atoms with van der Waals surface area (Å²) in [7, 11) is 3.14. The first-order valence-corrected chi connectivity index (χ1v) is 9.74. The van der Waals surface area contributed by atoms with E-state index in [4.69, 9.17) is 19.9 Å². The van der Waals surface area contributed by atoms with E-state index in [1.54, 1.807) is 33.3 Å². The molecule has 0 aliphatic heterocycles. The normalized spacial score (nSPS) is 12.7. The van der Waals surface area contributed by atoms with Crippen LogP contribution >= 0.6 is 0 Å². The van der Waals surface area contributed by atoms with Crippen molar-refractivity contribution in [2.75, 3.05) is 14.2 Å². The van der Waals surface area contributed by atoms with Crippen molar-refractivity contribution in [3.05, 3.63) is 89.5 Å². The zero-order valence-corrected chi connectivity index (χ0v) is 17.6. The Bertz CT molecular complexity index is 999. The number of rotatable bonds is 9. The lowest BCUT2D eigenvalue weighted by molar-refractivity contribution is -0.123. The van der Waals surface area contributed by atoms with Gasteiger partial charge in [-0.05, 0) is 47.9 Å². The summed E-state index contributed by atoms with van der Waals surface area (Å²) in [6.45, 7) is 2.18.